The van der Waals surface area contributed by atoms with Crippen LogP contribution in [0.15, 0.2) is 10.9 Å². The molecule has 1 fully saturated rings. The number of fused-ring (bicyclic) bond motifs is 1. The lowest BCUT2D eigenvalue weighted by molar-refractivity contribution is 0.0854. The van der Waals surface area contributed by atoms with Crippen LogP contribution in [0.5, 0.6) is 5.75 Å². The van der Waals surface area contributed by atoms with Gasteiger partial charge in [-0.15, -0.1) is 0 Å². The van der Waals surface area contributed by atoms with Gasteiger partial charge < -0.3 is 19.4 Å². The van der Waals surface area contributed by atoms with Crippen LogP contribution in [0.2, 0.25) is 0 Å². The molecule has 0 saturated carbocycles. The molecule has 1 amide bonds. The Morgan fingerprint density at radius 3 is 3.10 bits per heavy atom. The predicted octanol–water partition coefficient (Wildman–Crippen LogP) is 0.712. The average Bonchev–Trinajstić information content (AvgIpc) is 3.15. The number of ether oxygens (including phenoxy) is 2. The Morgan fingerprint density at radius 2 is 2.38 bits per heavy atom. The molecule has 114 valence electrons. The van der Waals surface area contributed by atoms with Crippen LogP contribution in [-0.2, 0) is 17.7 Å². The van der Waals surface area contributed by atoms with Crippen LogP contribution in [0, 0.1) is 0 Å². The molecule has 3 heterocycles. The molecular weight excluding hydrogens is 272 g/mol. The predicted molar refractivity (Wildman–Crippen MR) is 76.9 cm³/mol. The molecule has 6 nitrogen and oxygen atoms in total. The summed E-state index contributed by atoms with van der Waals surface area (Å²) in [5, 5.41) is 2.91. The number of pyridine rings is 1. The van der Waals surface area contributed by atoms with Crippen LogP contribution in [-0.4, -0.2) is 36.8 Å². The zero-order valence-corrected chi connectivity index (χ0v) is 12.2. The van der Waals surface area contributed by atoms with Crippen molar-refractivity contribution < 1.29 is 14.3 Å². The van der Waals surface area contributed by atoms with Crippen LogP contribution in [0.1, 0.15) is 35.3 Å². The highest BCUT2D eigenvalue weighted by atomic mass is 16.5. The van der Waals surface area contributed by atoms with E-state index < -0.39 is 0 Å². The minimum atomic E-state index is -0.187. The molecule has 2 aliphatic rings. The zero-order valence-electron chi connectivity index (χ0n) is 12.2. The van der Waals surface area contributed by atoms with E-state index in [0.717, 1.165) is 38.0 Å². The standard InChI is InChI=1S/C15H20N2O4/c1-20-12-8-13(18)17-6-2-5-11(17)14(12)15(19)16-9-10-4-3-7-21-10/h8,10H,2-7,9H2,1H3,(H,16,19)/t10-/m0/s1. The van der Waals surface area contributed by atoms with E-state index in [2.05, 4.69) is 5.32 Å². The minimum Gasteiger partial charge on any atom is -0.496 e. The molecule has 2 aliphatic heterocycles. The van der Waals surface area contributed by atoms with Gasteiger partial charge in [0.15, 0.2) is 0 Å². The van der Waals surface area contributed by atoms with Crippen molar-refractivity contribution >= 4 is 5.91 Å². The Labute approximate surface area is 123 Å². The second kappa shape index (κ2) is 5.89. The fourth-order valence-corrected chi connectivity index (χ4v) is 3.09. The van der Waals surface area contributed by atoms with E-state index in [1.54, 1.807) is 4.57 Å². The van der Waals surface area contributed by atoms with Gasteiger partial charge >= 0.3 is 0 Å². The Morgan fingerprint density at radius 1 is 1.52 bits per heavy atom. The third kappa shape index (κ3) is 2.68. The maximum atomic E-state index is 12.5. The molecule has 0 aliphatic carbocycles. The summed E-state index contributed by atoms with van der Waals surface area (Å²) in [6.45, 7) is 1.94. The molecule has 0 bridgehead atoms. The Balaban J connectivity index is 1.84. The van der Waals surface area contributed by atoms with Gasteiger partial charge in [0.1, 0.15) is 11.3 Å². The van der Waals surface area contributed by atoms with Crippen molar-refractivity contribution in [1.29, 1.82) is 0 Å². The number of amides is 1. The third-order valence-corrected chi connectivity index (χ3v) is 4.14. The topological polar surface area (TPSA) is 69.6 Å². The van der Waals surface area contributed by atoms with Crippen LogP contribution in [0.25, 0.3) is 0 Å². The highest BCUT2D eigenvalue weighted by Gasteiger charge is 2.26. The molecule has 1 aromatic rings. The van der Waals surface area contributed by atoms with E-state index in [1.807, 2.05) is 0 Å². The van der Waals surface area contributed by atoms with E-state index in [-0.39, 0.29) is 17.6 Å². The average molecular weight is 292 g/mol. The van der Waals surface area contributed by atoms with E-state index in [9.17, 15) is 9.59 Å². The summed E-state index contributed by atoms with van der Waals surface area (Å²) >= 11 is 0. The van der Waals surface area contributed by atoms with Crippen molar-refractivity contribution in [3.8, 4) is 5.75 Å². The van der Waals surface area contributed by atoms with E-state index in [0.29, 0.717) is 24.4 Å². The van der Waals surface area contributed by atoms with Gasteiger partial charge in [0.05, 0.1) is 13.2 Å². The minimum absolute atomic E-state index is 0.0967. The zero-order chi connectivity index (χ0) is 14.8. The molecule has 3 rings (SSSR count). The second-order valence-corrected chi connectivity index (χ2v) is 5.47. The van der Waals surface area contributed by atoms with E-state index in [4.69, 9.17) is 9.47 Å². The molecule has 1 saturated heterocycles. The lowest BCUT2D eigenvalue weighted by Crippen LogP contribution is -2.34. The maximum Gasteiger partial charge on any atom is 0.256 e. The number of rotatable bonds is 4. The third-order valence-electron chi connectivity index (χ3n) is 4.14. The molecular formula is C15H20N2O4. The number of nitrogens with zero attached hydrogens (tertiary/aromatic N) is 1. The molecule has 0 spiro atoms. The number of carbonyl (C=O) groups excluding carboxylic acids is 1. The number of hydrogen-bond donors (Lipinski definition) is 1. The molecule has 0 aromatic carbocycles. The molecule has 0 unspecified atom stereocenters. The Hall–Kier alpha value is -1.82. The van der Waals surface area contributed by atoms with Crippen molar-refractivity contribution in [1.82, 2.24) is 9.88 Å². The summed E-state index contributed by atoms with van der Waals surface area (Å²) in [4.78, 5) is 24.5. The molecule has 21 heavy (non-hydrogen) atoms. The first-order valence-electron chi connectivity index (χ1n) is 7.41. The highest BCUT2D eigenvalue weighted by Crippen LogP contribution is 2.25. The van der Waals surface area contributed by atoms with Crippen molar-refractivity contribution in [2.24, 2.45) is 0 Å². The summed E-state index contributed by atoms with van der Waals surface area (Å²) < 4.78 is 12.4. The fourth-order valence-electron chi connectivity index (χ4n) is 3.09. The van der Waals surface area contributed by atoms with Crippen LogP contribution in [0.3, 0.4) is 0 Å². The fraction of sp³-hybridized carbons (Fsp3) is 0.600. The van der Waals surface area contributed by atoms with Gasteiger partial charge in [0.2, 0.25) is 0 Å². The van der Waals surface area contributed by atoms with Crippen molar-refractivity contribution in [3.63, 3.8) is 0 Å². The van der Waals surface area contributed by atoms with Crippen molar-refractivity contribution in [3.05, 3.63) is 27.7 Å². The number of methoxy groups -OCH3 is 1. The summed E-state index contributed by atoms with van der Waals surface area (Å²) in [6, 6.07) is 1.40. The summed E-state index contributed by atoms with van der Waals surface area (Å²) in [7, 11) is 1.48. The summed E-state index contributed by atoms with van der Waals surface area (Å²) in [6.07, 6.45) is 3.73. The summed E-state index contributed by atoms with van der Waals surface area (Å²) in [5.41, 5.74) is 1.17. The largest absolute Gasteiger partial charge is 0.496 e. The van der Waals surface area contributed by atoms with Crippen molar-refractivity contribution in [2.75, 3.05) is 20.3 Å². The molecule has 1 N–H and O–H groups in total. The smallest absolute Gasteiger partial charge is 0.256 e. The Bertz CT molecular complexity index is 602. The van der Waals surface area contributed by atoms with Gasteiger partial charge in [-0.1, -0.05) is 0 Å². The van der Waals surface area contributed by atoms with Gasteiger partial charge in [0.25, 0.3) is 11.5 Å². The number of aromatic nitrogens is 1. The number of carbonyl (C=O) groups is 1. The first-order valence-corrected chi connectivity index (χ1v) is 7.41. The lowest BCUT2D eigenvalue weighted by Gasteiger charge is -2.15. The van der Waals surface area contributed by atoms with Gasteiger partial charge in [0, 0.05) is 31.5 Å². The first-order chi connectivity index (χ1) is 10.2. The maximum absolute atomic E-state index is 12.5. The quantitative estimate of drug-likeness (QED) is 0.887. The Kier molecular flexibility index (Phi) is 3.96. The van der Waals surface area contributed by atoms with E-state index >= 15 is 0 Å². The van der Waals surface area contributed by atoms with Crippen LogP contribution < -0.4 is 15.6 Å². The molecule has 1 aromatic heterocycles. The van der Waals surface area contributed by atoms with Gasteiger partial charge in [-0.25, -0.2) is 0 Å². The van der Waals surface area contributed by atoms with Crippen molar-refractivity contribution in [2.45, 2.75) is 38.3 Å². The van der Waals surface area contributed by atoms with Gasteiger partial charge in [-0.3, -0.25) is 9.59 Å². The van der Waals surface area contributed by atoms with Crippen LogP contribution in [0.4, 0.5) is 0 Å². The normalized spacial score (nSPS) is 20.3. The lowest BCUT2D eigenvalue weighted by atomic mass is 10.1. The highest BCUT2D eigenvalue weighted by molar-refractivity contribution is 5.98. The first kappa shape index (κ1) is 14.1. The number of nitrogens with one attached hydrogen (secondary N) is 1. The van der Waals surface area contributed by atoms with Gasteiger partial charge in [-0.2, -0.15) is 0 Å². The van der Waals surface area contributed by atoms with Gasteiger partial charge in [-0.05, 0) is 25.7 Å². The molecule has 6 heteroatoms. The molecule has 0 radical (unpaired) electrons. The monoisotopic (exact) mass is 292 g/mol. The van der Waals surface area contributed by atoms with E-state index in [1.165, 1.54) is 13.2 Å². The summed E-state index contributed by atoms with van der Waals surface area (Å²) in [5.74, 6) is 0.172. The molecule has 1 atom stereocenters. The number of hydrogen-bond acceptors (Lipinski definition) is 4. The SMILES string of the molecule is COc1cc(=O)n2c(c1C(=O)NC[C@@H]1CCCO1)CCC2. The van der Waals surface area contributed by atoms with Crippen LogP contribution >= 0.6 is 0 Å². The second-order valence-electron chi connectivity index (χ2n) is 5.47.